The highest BCUT2D eigenvalue weighted by Crippen LogP contribution is 2.35. The second-order valence-electron chi connectivity index (χ2n) is 7.68. The molecule has 1 saturated carbocycles. The second-order valence-corrected chi connectivity index (χ2v) is 8.70. The molecule has 0 atom stereocenters. The summed E-state index contributed by atoms with van der Waals surface area (Å²) in [5.41, 5.74) is 3.02. The highest BCUT2D eigenvalue weighted by molar-refractivity contribution is 9.11. The molecule has 0 spiro atoms. The van der Waals surface area contributed by atoms with Crippen LogP contribution < -0.4 is 15.5 Å². The fourth-order valence-corrected chi connectivity index (χ4v) is 4.61. The van der Waals surface area contributed by atoms with Crippen LogP contribution in [0.2, 0.25) is 0 Å². The van der Waals surface area contributed by atoms with Gasteiger partial charge < -0.3 is 15.5 Å². The van der Waals surface area contributed by atoms with Crippen molar-refractivity contribution in [1.29, 1.82) is 0 Å². The lowest BCUT2D eigenvalue weighted by Crippen LogP contribution is -2.37. The van der Waals surface area contributed by atoms with Crippen LogP contribution >= 0.6 is 15.9 Å². The highest BCUT2D eigenvalue weighted by atomic mass is 79.9. The van der Waals surface area contributed by atoms with E-state index in [0.717, 1.165) is 29.3 Å². The monoisotopic (exact) mass is 462 g/mol. The predicted octanol–water partition coefficient (Wildman–Crippen LogP) is 5.86. The number of benzene rings is 1. The lowest BCUT2D eigenvalue weighted by Gasteiger charge is -2.33. The standard InChI is InChI=1S/C23H23BrN6/c24-17-12-16-13-26-23(29-22(16)30(15-17)20-8-4-5-9-20)28-21-11-10-19(14-25-21)27-18-6-2-1-3-7-18/h1-3,6-7,10-14,20,27H,4-5,8-9,15H2,(H,25,26,28,29). The third kappa shape index (κ3) is 4.16. The summed E-state index contributed by atoms with van der Waals surface area (Å²) in [6, 6.07) is 14.5. The van der Waals surface area contributed by atoms with Crippen LogP contribution in [0.15, 0.2) is 59.3 Å². The molecule has 3 heterocycles. The molecule has 3 aromatic rings. The minimum atomic E-state index is 0.550. The Morgan fingerprint density at radius 2 is 1.73 bits per heavy atom. The number of halogens is 1. The molecule has 0 bridgehead atoms. The zero-order valence-electron chi connectivity index (χ0n) is 16.6. The van der Waals surface area contributed by atoms with Gasteiger partial charge in [0, 0.05) is 28.0 Å². The Labute approximate surface area is 184 Å². The van der Waals surface area contributed by atoms with Gasteiger partial charge in [-0.15, -0.1) is 0 Å². The van der Waals surface area contributed by atoms with Crippen molar-refractivity contribution in [3.05, 3.63) is 64.9 Å². The van der Waals surface area contributed by atoms with E-state index in [0.29, 0.717) is 17.8 Å². The molecule has 7 heteroatoms. The summed E-state index contributed by atoms with van der Waals surface area (Å²) in [6.45, 7) is 0.867. The molecule has 1 aliphatic carbocycles. The van der Waals surface area contributed by atoms with E-state index in [4.69, 9.17) is 4.98 Å². The van der Waals surface area contributed by atoms with Crippen LogP contribution in [0.3, 0.4) is 0 Å². The van der Waals surface area contributed by atoms with Crippen molar-refractivity contribution >= 4 is 51.0 Å². The SMILES string of the molecule is BrC1=Cc2cnc(Nc3ccc(Nc4ccccc4)cn3)nc2N(C2CCCC2)C1. The summed E-state index contributed by atoms with van der Waals surface area (Å²) in [7, 11) is 0. The number of nitrogens with one attached hydrogen (secondary N) is 2. The summed E-state index contributed by atoms with van der Waals surface area (Å²) in [6.07, 6.45) is 10.8. The van der Waals surface area contributed by atoms with E-state index in [2.05, 4.69) is 47.5 Å². The first-order valence-corrected chi connectivity index (χ1v) is 11.1. The minimum Gasteiger partial charge on any atom is -0.354 e. The molecule has 30 heavy (non-hydrogen) atoms. The molecule has 2 N–H and O–H groups in total. The predicted molar refractivity (Wildman–Crippen MR) is 126 cm³/mol. The van der Waals surface area contributed by atoms with Crippen molar-refractivity contribution in [3.8, 4) is 0 Å². The average Bonchev–Trinajstić information content (AvgIpc) is 3.30. The molecule has 2 aromatic heterocycles. The van der Waals surface area contributed by atoms with Crippen molar-refractivity contribution in [2.75, 3.05) is 22.1 Å². The van der Waals surface area contributed by atoms with E-state index in [1.54, 1.807) is 6.20 Å². The van der Waals surface area contributed by atoms with Crippen molar-refractivity contribution in [2.45, 2.75) is 31.7 Å². The van der Waals surface area contributed by atoms with Crippen LogP contribution in [0, 0.1) is 0 Å². The van der Waals surface area contributed by atoms with Gasteiger partial charge in [-0.25, -0.2) is 9.97 Å². The molecule has 0 amide bonds. The van der Waals surface area contributed by atoms with Crippen molar-refractivity contribution < 1.29 is 0 Å². The fraction of sp³-hybridized carbons (Fsp3) is 0.261. The summed E-state index contributed by atoms with van der Waals surface area (Å²) in [4.78, 5) is 16.3. The zero-order chi connectivity index (χ0) is 20.3. The van der Waals surface area contributed by atoms with E-state index in [1.165, 1.54) is 30.2 Å². The summed E-state index contributed by atoms with van der Waals surface area (Å²) < 4.78 is 1.18. The summed E-state index contributed by atoms with van der Waals surface area (Å²) in [5, 5.41) is 6.59. The number of pyridine rings is 1. The van der Waals surface area contributed by atoms with Gasteiger partial charge in [0.25, 0.3) is 0 Å². The fourth-order valence-electron chi connectivity index (χ4n) is 4.09. The Morgan fingerprint density at radius 3 is 2.50 bits per heavy atom. The van der Waals surface area contributed by atoms with Crippen molar-refractivity contribution in [2.24, 2.45) is 0 Å². The maximum Gasteiger partial charge on any atom is 0.230 e. The lowest BCUT2D eigenvalue weighted by atomic mass is 10.1. The smallest absolute Gasteiger partial charge is 0.230 e. The number of nitrogens with zero attached hydrogens (tertiary/aromatic N) is 4. The maximum absolute atomic E-state index is 4.84. The number of hydrogen-bond acceptors (Lipinski definition) is 6. The number of aromatic nitrogens is 3. The van der Waals surface area contributed by atoms with Crippen molar-refractivity contribution in [1.82, 2.24) is 15.0 Å². The number of fused-ring (bicyclic) bond motifs is 1. The average molecular weight is 463 g/mol. The molecule has 1 aliphatic heterocycles. The van der Waals surface area contributed by atoms with Gasteiger partial charge in [0.1, 0.15) is 11.6 Å². The maximum atomic E-state index is 4.84. The molecule has 6 nitrogen and oxygen atoms in total. The van der Waals surface area contributed by atoms with E-state index in [9.17, 15) is 0 Å². The first kappa shape index (κ1) is 19.1. The van der Waals surface area contributed by atoms with E-state index < -0.39 is 0 Å². The van der Waals surface area contributed by atoms with Crippen LogP contribution in [0.1, 0.15) is 31.2 Å². The Hall–Kier alpha value is -2.93. The third-order valence-corrected chi connectivity index (χ3v) is 6.01. The molecular formula is C23H23BrN6. The van der Waals surface area contributed by atoms with Gasteiger partial charge in [-0.1, -0.05) is 47.0 Å². The van der Waals surface area contributed by atoms with Crippen LogP contribution in [0.5, 0.6) is 0 Å². The largest absolute Gasteiger partial charge is 0.354 e. The topological polar surface area (TPSA) is 66.0 Å². The van der Waals surface area contributed by atoms with Gasteiger partial charge in [0.2, 0.25) is 5.95 Å². The third-order valence-electron chi connectivity index (χ3n) is 5.53. The van der Waals surface area contributed by atoms with Gasteiger partial charge >= 0.3 is 0 Å². The lowest BCUT2D eigenvalue weighted by molar-refractivity contribution is 0.621. The highest BCUT2D eigenvalue weighted by Gasteiger charge is 2.28. The van der Waals surface area contributed by atoms with Crippen LogP contribution in [-0.4, -0.2) is 27.5 Å². The molecule has 1 aromatic carbocycles. The Bertz CT molecular complexity index is 1050. The van der Waals surface area contributed by atoms with E-state index in [1.807, 2.05) is 48.7 Å². The zero-order valence-corrected chi connectivity index (χ0v) is 18.1. The number of anilines is 5. The molecule has 1 fully saturated rings. The van der Waals surface area contributed by atoms with Gasteiger partial charge in [0.15, 0.2) is 0 Å². The van der Waals surface area contributed by atoms with Crippen molar-refractivity contribution in [3.63, 3.8) is 0 Å². The number of hydrogen-bond donors (Lipinski definition) is 2. The minimum absolute atomic E-state index is 0.550. The van der Waals surface area contributed by atoms with Crippen LogP contribution in [-0.2, 0) is 0 Å². The first-order valence-electron chi connectivity index (χ1n) is 10.3. The molecule has 152 valence electrons. The first-order chi connectivity index (χ1) is 14.7. The summed E-state index contributed by atoms with van der Waals surface area (Å²) in [5.74, 6) is 2.29. The summed E-state index contributed by atoms with van der Waals surface area (Å²) >= 11 is 3.68. The second kappa shape index (κ2) is 8.44. The molecular weight excluding hydrogens is 440 g/mol. The van der Waals surface area contributed by atoms with Gasteiger partial charge in [0.05, 0.1) is 18.4 Å². The van der Waals surface area contributed by atoms with E-state index >= 15 is 0 Å². The normalized spacial score (nSPS) is 16.2. The van der Waals surface area contributed by atoms with Crippen LogP contribution in [0.25, 0.3) is 6.08 Å². The molecule has 0 unspecified atom stereocenters. The number of rotatable bonds is 5. The van der Waals surface area contributed by atoms with E-state index in [-0.39, 0.29) is 0 Å². The molecule has 0 radical (unpaired) electrons. The Morgan fingerprint density at radius 1 is 0.900 bits per heavy atom. The van der Waals surface area contributed by atoms with Crippen LogP contribution in [0.4, 0.5) is 29.0 Å². The quantitative estimate of drug-likeness (QED) is 0.494. The molecule has 2 aliphatic rings. The Kier molecular flexibility index (Phi) is 5.36. The molecule has 5 rings (SSSR count). The van der Waals surface area contributed by atoms with Gasteiger partial charge in [-0.3, -0.25) is 0 Å². The molecule has 0 saturated heterocycles. The Balaban J connectivity index is 1.33. The van der Waals surface area contributed by atoms with Gasteiger partial charge in [-0.2, -0.15) is 4.98 Å². The van der Waals surface area contributed by atoms with Gasteiger partial charge in [-0.05, 0) is 43.2 Å². The number of para-hydroxylation sites is 1.